The topological polar surface area (TPSA) is 79.9 Å². The Labute approximate surface area is 149 Å². The fourth-order valence-corrected chi connectivity index (χ4v) is 2.15. The van der Waals surface area contributed by atoms with Gasteiger partial charge in [-0.15, -0.1) is 24.0 Å². The van der Waals surface area contributed by atoms with Gasteiger partial charge in [0.2, 0.25) is 0 Å². The first-order chi connectivity index (χ1) is 10.2. The highest BCUT2D eigenvalue weighted by Gasteiger charge is 2.16. The molecular formula is C16H26IN3O2. The quantitative estimate of drug-likeness (QED) is 0.342. The van der Waals surface area contributed by atoms with Crippen LogP contribution in [0.25, 0.3) is 0 Å². The summed E-state index contributed by atoms with van der Waals surface area (Å²) in [6.45, 7) is 1.90. The number of nitrogens with two attached hydrogens (primary N) is 1. The average molecular weight is 419 g/mol. The third-order valence-corrected chi connectivity index (χ3v) is 3.69. The first-order valence-electron chi connectivity index (χ1n) is 7.57. The van der Waals surface area contributed by atoms with Crippen LogP contribution in [-0.2, 0) is 11.3 Å². The first kappa shape index (κ1) is 19.2. The lowest BCUT2D eigenvalue weighted by Crippen LogP contribution is -2.38. The highest BCUT2D eigenvalue weighted by Crippen LogP contribution is 2.24. The van der Waals surface area contributed by atoms with Gasteiger partial charge in [-0.25, -0.2) is 0 Å². The summed E-state index contributed by atoms with van der Waals surface area (Å²) in [7, 11) is 0. The molecule has 1 unspecified atom stereocenters. The minimum Gasteiger partial charge on any atom is -0.389 e. The number of hydrogen-bond acceptors (Lipinski definition) is 3. The maximum absolute atomic E-state index is 9.80. The molecule has 5 nitrogen and oxygen atoms in total. The van der Waals surface area contributed by atoms with E-state index in [0.717, 1.165) is 18.0 Å². The second kappa shape index (κ2) is 10.8. The standard InChI is InChI=1S/C16H25N3O2.HI/c17-16(18-9-13-7-4-8-13)19-10-15(20)12-21-11-14-5-2-1-3-6-14;/h1-3,5-6,13,15,20H,4,7-12H2,(H3,17,18,19);1H. The van der Waals surface area contributed by atoms with E-state index >= 15 is 0 Å². The average Bonchev–Trinajstić information content (AvgIpc) is 2.45. The van der Waals surface area contributed by atoms with E-state index in [9.17, 15) is 5.11 Å². The molecule has 0 radical (unpaired) electrons. The van der Waals surface area contributed by atoms with Crippen molar-refractivity contribution in [2.45, 2.75) is 32.0 Å². The zero-order chi connectivity index (χ0) is 14.9. The molecule has 22 heavy (non-hydrogen) atoms. The Bertz CT molecular complexity index is 438. The number of halogens is 1. The van der Waals surface area contributed by atoms with Crippen molar-refractivity contribution in [3.63, 3.8) is 0 Å². The van der Waals surface area contributed by atoms with Crippen molar-refractivity contribution in [3.05, 3.63) is 35.9 Å². The van der Waals surface area contributed by atoms with Crippen LogP contribution in [0.5, 0.6) is 0 Å². The van der Waals surface area contributed by atoms with Crippen molar-refractivity contribution >= 4 is 29.9 Å². The molecule has 124 valence electrons. The summed E-state index contributed by atoms with van der Waals surface area (Å²) in [5, 5.41) is 12.9. The van der Waals surface area contributed by atoms with Gasteiger partial charge in [-0.1, -0.05) is 36.8 Å². The first-order valence-corrected chi connectivity index (χ1v) is 7.57. The molecule has 6 heteroatoms. The Hall–Kier alpha value is -0.860. The van der Waals surface area contributed by atoms with Gasteiger partial charge in [-0.3, -0.25) is 4.99 Å². The van der Waals surface area contributed by atoms with Crippen LogP contribution in [0, 0.1) is 5.92 Å². The van der Waals surface area contributed by atoms with E-state index in [-0.39, 0.29) is 37.1 Å². The Balaban J connectivity index is 0.00000242. The van der Waals surface area contributed by atoms with Crippen LogP contribution >= 0.6 is 24.0 Å². The molecule has 0 amide bonds. The molecule has 1 aliphatic carbocycles. The lowest BCUT2D eigenvalue weighted by Gasteiger charge is -2.25. The number of hydrogen-bond donors (Lipinski definition) is 3. The van der Waals surface area contributed by atoms with Crippen molar-refractivity contribution in [2.75, 3.05) is 19.7 Å². The predicted molar refractivity (Wildman–Crippen MR) is 99.4 cm³/mol. The van der Waals surface area contributed by atoms with E-state index in [1.165, 1.54) is 19.3 Å². The minimum absolute atomic E-state index is 0. The maximum Gasteiger partial charge on any atom is 0.188 e. The summed E-state index contributed by atoms with van der Waals surface area (Å²) in [5.41, 5.74) is 6.85. The molecule has 1 aliphatic rings. The van der Waals surface area contributed by atoms with Gasteiger partial charge in [0.1, 0.15) is 0 Å². The second-order valence-corrected chi connectivity index (χ2v) is 5.56. The molecule has 0 bridgehead atoms. The van der Waals surface area contributed by atoms with Crippen molar-refractivity contribution in [1.82, 2.24) is 5.32 Å². The molecule has 1 aromatic carbocycles. The van der Waals surface area contributed by atoms with Crippen LogP contribution in [0.2, 0.25) is 0 Å². The molecule has 1 saturated carbocycles. The fraction of sp³-hybridized carbons (Fsp3) is 0.562. The van der Waals surface area contributed by atoms with E-state index in [2.05, 4.69) is 10.3 Å². The van der Waals surface area contributed by atoms with Crippen LogP contribution in [0.4, 0.5) is 0 Å². The summed E-state index contributed by atoms with van der Waals surface area (Å²) >= 11 is 0. The molecule has 0 aliphatic heterocycles. The van der Waals surface area contributed by atoms with E-state index in [1.54, 1.807) is 0 Å². The second-order valence-electron chi connectivity index (χ2n) is 5.56. The fourth-order valence-electron chi connectivity index (χ4n) is 2.15. The number of nitrogens with zero attached hydrogens (tertiary/aromatic N) is 1. The molecule has 1 atom stereocenters. The number of benzene rings is 1. The maximum atomic E-state index is 9.80. The Morgan fingerprint density at radius 2 is 2.09 bits per heavy atom. The number of aliphatic hydroxyl groups excluding tert-OH is 1. The summed E-state index contributed by atoms with van der Waals surface area (Å²) in [6, 6.07) is 9.88. The third kappa shape index (κ3) is 7.42. The van der Waals surface area contributed by atoms with Gasteiger partial charge >= 0.3 is 0 Å². The molecular weight excluding hydrogens is 393 g/mol. The lowest BCUT2D eigenvalue weighted by atomic mass is 9.85. The van der Waals surface area contributed by atoms with Crippen LogP contribution < -0.4 is 11.1 Å². The van der Waals surface area contributed by atoms with Crippen LogP contribution in [0.15, 0.2) is 35.3 Å². The van der Waals surface area contributed by atoms with Gasteiger partial charge in [-0.05, 0) is 24.3 Å². The smallest absolute Gasteiger partial charge is 0.188 e. The summed E-state index contributed by atoms with van der Waals surface area (Å²) in [5.74, 6) is 1.14. The zero-order valence-electron chi connectivity index (χ0n) is 12.8. The summed E-state index contributed by atoms with van der Waals surface area (Å²) in [6.07, 6.45) is 3.24. The number of nitrogens with one attached hydrogen (secondary N) is 1. The SMILES string of the molecule is I.NC(=NCC(O)COCc1ccccc1)NCC1CCC1. The summed E-state index contributed by atoms with van der Waals surface area (Å²) in [4.78, 5) is 4.13. The highest BCUT2D eigenvalue weighted by molar-refractivity contribution is 14.0. The molecule has 1 aromatic rings. The normalized spacial score (nSPS) is 16.5. The number of aliphatic imine (C=N–C) groups is 1. The molecule has 1 fully saturated rings. The monoisotopic (exact) mass is 419 g/mol. The van der Waals surface area contributed by atoms with E-state index in [4.69, 9.17) is 10.5 Å². The number of ether oxygens (including phenoxy) is 1. The number of rotatable bonds is 8. The molecule has 2 rings (SSSR count). The zero-order valence-corrected chi connectivity index (χ0v) is 15.1. The van der Waals surface area contributed by atoms with E-state index in [0.29, 0.717) is 12.6 Å². The number of aliphatic hydroxyl groups is 1. The van der Waals surface area contributed by atoms with Crippen LogP contribution in [0.1, 0.15) is 24.8 Å². The Morgan fingerprint density at radius 3 is 2.73 bits per heavy atom. The van der Waals surface area contributed by atoms with E-state index in [1.807, 2.05) is 30.3 Å². The van der Waals surface area contributed by atoms with Crippen molar-refractivity contribution in [3.8, 4) is 0 Å². The Morgan fingerprint density at radius 1 is 1.36 bits per heavy atom. The lowest BCUT2D eigenvalue weighted by molar-refractivity contribution is 0.0331. The molecule has 4 N–H and O–H groups in total. The van der Waals surface area contributed by atoms with Gasteiger partial charge in [-0.2, -0.15) is 0 Å². The van der Waals surface area contributed by atoms with Gasteiger partial charge < -0.3 is 20.9 Å². The van der Waals surface area contributed by atoms with Gasteiger partial charge in [0.05, 0.1) is 25.9 Å². The molecule has 0 heterocycles. The largest absolute Gasteiger partial charge is 0.389 e. The van der Waals surface area contributed by atoms with Gasteiger partial charge in [0.15, 0.2) is 5.96 Å². The Kier molecular flexibility index (Phi) is 9.42. The van der Waals surface area contributed by atoms with Crippen molar-refractivity contribution in [2.24, 2.45) is 16.6 Å². The van der Waals surface area contributed by atoms with E-state index < -0.39 is 6.10 Å². The molecule has 0 spiro atoms. The highest BCUT2D eigenvalue weighted by atomic mass is 127. The molecule has 0 saturated heterocycles. The van der Waals surface area contributed by atoms with Crippen LogP contribution in [-0.4, -0.2) is 36.9 Å². The van der Waals surface area contributed by atoms with Crippen molar-refractivity contribution < 1.29 is 9.84 Å². The van der Waals surface area contributed by atoms with Crippen LogP contribution in [0.3, 0.4) is 0 Å². The molecule has 0 aromatic heterocycles. The minimum atomic E-state index is -0.627. The number of guanidine groups is 1. The van der Waals surface area contributed by atoms with Gasteiger partial charge in [0.25, 0.3) is 0 Å². The third-order valence-electron chi connectivity index (χ3n) is 3.69. The predicted octanol–water partition coefficient (Wildman–Crippen LogP) is 1.89. The summed E-state index contributed by atoms with van der Waals surface area (Å²) < 4.78 is 5.46. The van der Waals surface area contributed by atoms with Gasteiger partial charge in [0, 0.05) is 6.54 Å². The van der Waals surface area contributed by atoms with Crippen molar-refractivity contribution in [1.29, 1.82) is 0 Å².